The van der Waals surface area contributed by atoms with E-state index in [9.17, 15) is 35.9 Å². The first-order chi connectivity index (χ1) is 21.4. The third-order valence-corrected chi connectivity index (χ3v) is 6.70. The lowest BCUT2D eigenvalue weighted by molar-refractivity contribution is -0.146. The Morgan fingerprint density at radius 2 is 1.24 bits per heavy atom. The predicted octanol–water partition coefficient (Wildman–Crippen LogP) is 8.55. The minimum absolute atomic E-state index is 0.00960. The summed E-state index contributed by atoms with van der Waals surface area (Å²) in [6.45, 7) is -0.376. The first-order valence-corrected chi connectivity index (χ1v) is 13.6. The molecule has 0 radical (unpaired) electrons. The van der Waals surface area contributed by atoms with Gasteiger partial charge in [-0.3, -0.25) is 4.79 Å². The van der Waals surface area contributed by atoms with Crippen molar-refractivity contribution < 1.29 is 50.1 Å². The Morgan fingerprint density at radius 1 is 0.711 bits per heavy atom. The quantitative estimate of drug-likeness (QED) is 0.0536. The number of aromatic nitrogens is 1. The molecular formula is C33H23F6NO5. The number of pyridine rings is 1. The number of hydrogen-bond acceptors (Lipinski definition) is 6. The van der Waals surface area contributed by atoms with Crippen molar-refractivity contribution in [2.75, 3.05) is 6.61 Å². The number of rotatable bonds is 9. The van der Waals surface area contributed by atoms with Crippen LogP contribution in [0.15, 0.2) is 91.0 Å². The number of ether oxygens (including phenoxy) is 3. The molecule has 12 heteroatoms. The van der Waals surface area contributed by atoms with Gasteiger partial charge < -0.3 is 14.2 Å². The Hall–Kier alpha value is -5.13. The molecule has 0 aliphatic carbocycles. The monoisotopic (exact) mass is 627 g/mol. The highest BCUT2D eigenvalue weighted by Crippen LogP contribution is 2.47. The van der Waals surface area contributed by atoms with Crippen LogP contribution in [-0.2, 0) is 28.5 Å². The Balaban J connectivity index is 1.41. The van der Waals surface area contributed by atoms with E-state index in [1.165, 1.54) is 12.1 Å². The fourth-order valence-corrected chi connectivity index (χ4v) is 4.64. The van der Waals surface area contributed by atoms with E-state index in [2.05, 4.69) is 4.98 Å². The van der Waals surface area contributed by atoms with Crippen molar-refractivity contribution in [2.24, 2.45) is 0 Å². The summed E-state index contributed by atoms with van der Waals surface area (Å²) in [5.74, 6) is -4.52. The average molecular weight is 628 g/mol. The fourth-order valence-electron chi connectivity index (χ4n) is 4.64. The zero-order valence-electron chi connectivity index (χ0n) is 23.2. The zero-order chi connectivity index (χ0) is 32.2. The number of halogens is 6. The van der Waals surface area contributed by atoms with Crippen LogP contribution >= 0.6 is 0 Å². The largest absolute Gasteiger partial charge is 0.494 e. The van der Waals surface area contributed by atoms with Gasteiger partial charge in [-0.25, -0.2) is 9.78 Å². The van der Waals surface area contributed by atoms with E-state index in [1.807, 2.05) is 0 Å². The number of hydrogen-bond donors (Lipinski definition) is 0. The van der Waals surface area contributed by atoms with Crippen molar-refractivity contribution in [3.63, 3.8) is 0 Å². The molecule has 0 aliphatic rings. The second-order valence-corrected chi connectivity index (χ2v) is 9.85. The van der Waals surface area contributed by atoms with Gasteiger partial charge in [-0.05, 0) is 36.2 Å². The molecule has 4 aromatic carbocycles. The molecule has 0 aliphatic heterocycles. The number of esters is 2. The van der Waals surface area contributed by atoms with Crippen molar-refractivity contribution in [2.45, 2.75) is 31.8 Å². The highest BCUT2D eigenvalue weighted by Gasteiger charge is 2.44. The van der Waals surface area contributed by atoms with Gasteiger partial charge in [-0.2, -0.15) is 26.3 Å². The Morgan fingerprint density at radius 3 is 1.80 bits per heavy atom. The van der Waals surface area contributed by atoms with Crippen LogP contribution in [0.25, 0.3) is 21.8 Å². The van der Waals surface area contributed by atoms with Crippen molar-refractivity contribution in [3.05, 3.63) is 113 Å². The second kappa shape index (κ2) is 12.8. The molecule has 0 atom stereocenters. The lowest BCUT2D eigenvalue weighted by Gasteiger charge is -2.20. The highest BCUT2D eigenvalue weighted by molar-refractivity contribution is 6.14. The van der Waals surface area contributed by atoms with Gasteiger partial charge in [-0.15, -0.1) is 0 Å². The van der Waals surface area contributed by atoms with Gasteiger partial charge in [-0.1, -0.05) is 66.7 Å². The number of alkyl halides is 6. The molecular weight excluding hydrogens is 604 g/mol. The van der Waals surface area contributed by atoms with Crippen molar-refractivity contribution in [1.82, 2.24) is 4.98 Å². The minimum atomic E-state index is -5.36. The van der Waals surface area contributed by atoms with Gasteiger partial charge in [0.25, 0.3) is 0 Å². The average Bonchev–Trinajstić information content (AvgIpc) is 3.00. The van der Waals surface area contributed by atoms with Gasteiger partial charge in [0.15, 0.2) is 5.75 Å². The zero-order valence-corrected chi connectivity index (χ0v) is 23.2. The standard InChI is InChI=1S/C33H23F6NO5/c34-32(35,36)24-17-21(43-16-8-15-28(41)44-19-20-9-2-1-3-10-20)18-25(33(37,38)39)30(24)45-31(42)29-22-11-4-6-13-26(22)40-27-14-7-5-12-23(27)29/h1-7,9-14,17-18H,8,15-16,19H2. The number of carbonyl (C=O) groups excluding carboxylic acids is 2. The molecule has 0 saturated heterocycles. The van der Waals surface area contributed by atoms with Crippen molar-refractivity contribution >= 4 is 33.7 Å². The molecule has 45 heavy (non-hydrogen) atoms. The molecule has 0 saturated carbocycles. The summed E-state index contributed by atoms with van der Waals surface area (Å²) in [5, 5.41) is 0.371. The van der Waals surface area contributed by atoms with E-state index < -0.39 is 46.9 Å². The predicted molar refractivity (Wildman–Crippen MR) is 152 cm³/mol. The van der Waals surface area contributed by atoms with Crippen LogP contribution in [0.5, 0.6) is 11.5 Å². The van der Waals surface area contributed by atoms with Crippen LogP contribution in [0.1, 0.15) is 39.9 Å². The van der Waals surface area contributed by atoms with Gasteiger partial charge in [0, 0.05) is 17.2 Å². The second-order valence-electron chi connectivity index (χ2n) is 9.85. The number of carbonyl (C=O) groups is 2. The van der Waals surface area contributed by atoms with Crippen molar-refractivity contribution in [1.29, 1.82) is 0 Å². The van der Waals surface area contributed by atoms with E-state index in [0.29, 0.717) is 23.2 Å². The van der Waals surface area contributed by atoms with Crippen molar-refractivity contribution in [3.8, 4) is 11.5 Å². The van der Waals surface area contributed by atoms with E-state index >= 15 is 0 Å². The highest BCUT2D eigenvalue weighted by atomic mass is 19.4. The molecule has 0 fully saturated rings. The molecule has 6 nitrogen and oxygen atoms in total. The van der Waals surface area contributed by atoms with Gasteiger partial charge in [0.1, 0.15) is 23.5 Å². The van der Waals surface area contributed by atoms with Crippen LogP contribution in [-0.4, -0.2) is 23.5 Å². The van der Waals surface area contributed by atoms with Crippen LogP contribution in [0.4, 0.5) is 26.3 Å². The molecule has 0 bridgehead atoms. The van der Waals surface area contributed by atoms with E-state index in [4.69, 9.17) is 14.2 Å². The molecule has 1 aromatic heterocycles. The number of nitrogens with zero attached hydrogens (tertiary/aromatic N) is 1. The SMILES string of the molecule is O=C(CCCOc1cc(C(F)(F)F)c(OC(=O)c2c3ccccc3nc3ccccc23)c(C(F)(F)F)c1)OCc1ccccc1. The van der Waals surface area contributed by atoms with E-state index in [-0.39, 0.29) is 42.4 Å². The molecule has 0 unspecified atom stereocenters. The summed E-state index contributed by atoms with van der Waals surface area (Å²) in [7, 11) is 0. The van der Waals surface area contributed by atoms with E-state index in [0.717, 1.165) is 5.56 Å². The van der Waals surface area contributed by atoms with Crippen LogP contribution in [0.2, 0.25) is 0 Å². The lowest BCUT2D eigenvalue weighted by atomic mass is 10.0. The number of fused-ring (bicyclic) bond motifs is 2. The molecule has 0 spiro atoms. The summed E-state index contributed by atoms with van der Waals surface area (Å²) in [5.41, 5.74) is -2.62. The summed E-state index contributed by atoms with van der Waals surface area (Å²) in [6, 6.07) is 21.8. The van der Waals surface area contributed by atoms with Gasteiger partial charge in [0.05, 0.1) is 23.2 Å². The summed E-state index contributed by atoms with van der Waals surface area (Å²) >= 11 is 0. The fraction of sp³-hybridized carbons (Fsp3) is 0.182. The Kier molecular flexibility index (Phi) is 8.94. The van der Waals surface area contributed by atoms with E-state index in [1.54, 1.807) is 66.7 Å². The maximum Gasteiger partial charge on any atom is 0.420 e. The summed E-state index contributed by atoms with van der Waals surface area (Å²) in [4.78, 5) is 29.9. The Labute approximate surface area is 252 Å². The number of benzene rings is 4. The molecule has 0 N–H and O–H groups in total. The first-order valence-electron chi connectivity index (χ1n) is 13.6. The summed E-state index contributed by atoms with van der Waals surface area (Å²) in [6.07, 6.45) is -11.0. The summed E-state index contributed by atoms with van der Waals surface area (Å²) < 4.78 is 100. The smallest absolute Gasteiger partial charge is 0.420 e. The maximum atomic E-state index is 14.2. The van der Waals surface area contributed by atoms with Gasteiger partial charge >= 0.3 is 24.3 Å². The normalized spacial score (nSPS) is 11.9. The molecule has 0 amide bonds. The first kappa shape index (κ1) is 31.3. The minimum Gasteiger partial charge on any atom is -0.494 e. The van der Waals surface area contributed by atoms with Gasteiger partial charge in [0.2, 0.25) is 0 Å². The molecule has 5 rings (SSSR count). The lowest BCUT2D eigenvalue weighted by Crippen LogP contribution is -2.20. The third kappa shape index (κ3) is 7.34. The number of para-hydroxylation sites is 2. The maximum absolute atomic E-state index is 14.2. The van der Waals surface area contributed by atoms with Crippen LogP contribution in [0.3, 0.4) is 0 Å². The van der Waals surface area contributed by atoms with Crippen LogP contribution < -0.4 is 9.47 Å². The molecule has 5 aromatic rings. The topological polar surface area (TPSA) is 74.7 Å². The Bertz CT molecular complexity index is 1770. The molecule has 1 heterocycles. The van der Waals surface area contributed by atoms with Crippen LogP contribution in [0, 0.1) is 0 Å². The third-order valence-electron chi connectivity index (χ3n) is 6.70. The molecule has 232 valence electrons.